The summed E-state index contributed by atoms with van der Waals surface area (Å²) in [5.41, 5.74) is -0.622. The molecule has 16 heavy (non-hydrogen) atoms. The second kappa shape index (κ2) is 5.44. The molecular weight excluding hydrogens is 262 g/mol. The van der Waals surface area contributed by atoms with Gasteiger partial charge in [-0.05, 0) is 0 Å². The molecule has 96 valence electrons. The van der Waals surface area contributed by atoms with Gasteiger partial charge in [-0.3, -0.25) is 0 Å². The van der Waals surface area contributed by atoms with Crippen LogP contribution in [-0.2, 0) is 10.6 Å². The van der Waals surface area contributed by atoms with Gasteiger partial charge >= 0.3 is 107 Å². The third kappa shape index (κ3) is 11.0. The Morgan fingerprint density at radius 2 is 0.688 bits per heavy atom. The normalized spacial score (nSPS) is 14.1. The van der Waals surface area contributed by atoms with Crippen molar-refractivity contribution in [3.63, 3.8) is 0 Å². The first-order chi connectivity index (χ1) is 6.79. The van der Waals surface area contributed by atoms with Crippen molar-refractivity contribution in [3.8, 4) is 0 Å². The molecule has 0 aliphatic rings. The first kappa shape index (κ1) is 16.5. The summed E-state index contributed by atoms with van der Waals surface area (Å²) in [5, 5.41) is 0. The number of hydrogen-bond acceptors (Lipinski definition) is 3. The van der Waals surface area contributed by atoms with Crippen LogP contribution >= 0.6 is 0 Å². The Bertz CT molecular complexity index is 170. The second-order valence-electron chi connectivity index (χ2n) is 6.98. The molecule has 0 aliphatic carbocycles. The van der Waals surface area contributed by atoms with E-state index < -0.39 is 17.3 Å². The SMILES string of the molecule is CC(C)(C)[O][Ga]([O]C(C)(C)C)[O]C(C)(C)C. The molecule has 0 N–H and O–H groups in total. The average Bonchev–Trinajstić information content (AvgIpc) is 1.70. The molecule has 0 aromatic carbocycles. The zero-order chi connectivity index (χ0) is 13.2. The van der Waals surface area contributed by atoms with Gasteiger partial charge in [0.2, 0.25) is 0 Å². The van der Waals surface area contributed by atoms with Crippen LogP contribution in [0.3, 0.4) is 0 Å². The first-order valence-electron chi connectivity index (χ1n) is 5.82. The molecular formula is C12H27GaO3. The van der Waals surface area contributed by atoms with Gasteiger partial charge in [-0.2, -0.15) is 0 Å². The number of hydrogen-bond donors (Lipinski definition) is 0. The zero-order valence-electron chi connectivity index (χ0n) is 12.3. The summed E-state index contributed by atoms with van der Waals surface area (Å²) >= 11 is -2.62. The third-order valence-corrected chi connectivity index (χ3v) is 7.01. The Hall–Kier alpha value is 0.516. The van der Waals surface area contributed by atoms with Gasteiger partial charge in [-0.15, -0.1) is 0 Å². The fourth-order valence-electron chi connectivity index (χ4n) is 0.938. The van der Waals surface area contributed by atoms with Gasteiger partial charge < -0.3 is 0 Å². The maximum atomic E-state index is 5.93. The molecule has 0 spiro atoms. The molecule has 0 unspecified atom stereocenters. The van der Waals surface area contributed by atoms with Gasteiger partial charge in [0.25, 0.3) is 0 Å². The van der Waals surface area contributed by atoms with Gasteiger partial charge in [-0.25, -0.2) is 0 Å². The van der Waals surface area contributed by atoms with Crippen molar-refractivity contribution in [2.45, 2.75) is 79.1 Å². The molecule has 0 aliphatic heterocycles. The Labute approximate surface area is 107 Å². The van der Waals surface area contributed by atoms with Crippen LogP contribution in [0.4, 0.5) is 0 Å². The Balaban J connectivity index is 4.53. The van der Waals surface area contributed by atoms with Gasteiger partial charge in [0.1, 0.15) is 0 Å². The Morgan fingerprint density at radius 3 is 0.812 bits per heavy atom. The molecule has 0 fully saturated rings. The summed E-state index contributed by atoms with van der Waals surface area (Å²) in [6.45, 7) is 18.3. The van der Waals surface area contributed by atoms with E-state index in [0.717, 1.165) is 0 Å². The van der Waals surface area contributed by atoms with Crippen molar-refractivity contribution in [2.75, 3.05) is 0 Å². The molecule has 0 heterocycles. The monoisotopic (exact) mass is 288 g/mol. The molecule has 0 atom stereocenters. The van der Waals surface area contributed by atoms with E-state index in [2.05, 4.69) is 0 Å². The maximum absolute atomic E-state index is 5.93. The van der Waals surface area contributed by atoms with E-state index in [0.29, 0.717) is 0 Å². The molecule has 0 aromatic heterocycles. The predicted octanol–water partition coefficient (Wildman–Crippen LogP) is 3.42. The van der Waals surface area contributed by atoms with Crippen molar-refractivity contribution in [1.29, 1.82) is 0 Å². The van der Waals surface area contributed by atoms with Crippen molar-refractivity contribution < 1.29 is 10.6 Å². The van der Waals surface area contributed by atoms with Gasteiger partial charge in [0, 0.05) is 0 Å². The van der Waals surface area contributed by atoms with E-state index in [-0.39, 0.29) is 16.8 Å². The van der Waals surface area contributed by atoms with Crippen molar-refractivity contribution in [2.24, 2.45) is 0 Å². The van der Waals surface area contributed by atoms with Crippen LogP contribution in [0.25, 0.3) is 0 Å². The third-order valence-electron chi connectivity index (χ3n) is 1.35. The minimum atomic E-state index is -2.62. The van der Waals surface area contributed by atoms with Crippen molar-refractivity contribution in [3.05, 3.63) is 0 Å². The van der Waals surface area contributed by atoms with Crippen LogP contribution in [0, 0.1) is 0 Å². The van der Waals surface area contributed by atoms with E-state index in [9.17, 15) is 0 Å². The summed E-state index contributed by atoms with van der Waals surface area (Å²) in [5.74, 6) is 0. The standard InChI is InChI=1S/3C4H9O.Ga/c3*1-4(2,3)5;/h3*1-3H3;/q3*-1;+3. The molecule has 0 saturated carbocycles. The predicted molar refractivity (Wildman–Crippen MR) is 68.3 cm³/mol. The van der Waals surface area contributed by atoms with E-state index in [1.807, 2.05) is 62.3 Å². The molecule has 0 bridgehead atoms. The van der Waals surface area contributed by atoms with Gasteiger partial charge in [0.05, 0.1) is 0 Å². The molecule has 0 saturated heterocycles. The minimum absolute atomic E-state index is 0.207. The summed E-state index contributed by atoms with van der Waals surface area (Å²) < 4.78 is 17.8. The fraction of sp³-hybridized carbons (Fsp3) is 1.00. The molecule has 4 heteroatoms. The van der Waals surface area contributed by atoms with Crippen LogP contribution < -0.4 is 0 Å². The van der Waals surface area contributed by atoms with E-state index in [1.54, 1.807) is 0 Å². The Morgan fingerprint density at radius 1 is 0.500 bits per heavy atom. The molecule has 0 rings (SSSR count). The zero-order valence-corrected chi connectivity index (χ0v) is 14.7. The Kier molecular flexibility index (Phi) is 5.62. The molecule has 0 aromatic rings. The van der Waals surface area contributed by atoms with E-state index in [1.165, 1.54) is 0 Å². The summed E-state index contributed by atoms with van der Waals surface area (Å²) in [7, 11) is 0. The molecule has 0 amide bonds. The fourth-order valence-corrected chi connectivity index (χ4v) is 4.88. The summed E-state index contributed by atoms with van der Waals surface area (Å²) in [6.07, 6.45) is 0. The van der Waals surface area contributed by atoms with Crippen LogP contribution in [0.1, 0.15) is 62.3 Å². The average molecular weight is 289 g/mol. The number of rotatable bonds is 3. The van der Waals surface area contributed by atoms with Crippen LogP contribution in [-0.4, -0.2) is 34.1 Å². The topological polar surface area (TPSA) is 27.7 Å². The van der Waals surface area contributed by atoms with Crippen LogP contribution in [0.15, 0.2) is 0 Å². The summed E-state index contributed by atoms with van der Waals surface area (Å²) in [4.78, 5) is 0. The first-order valence-corrected chi connectivity index (χ1v) is 8.79. The second-order valence-corrected chi connectivity index (χ2v) is 9.67. The van der Waals surface area contributed by atoms with E-state index >= 15 is 0 Å². The summed E-state index contributed by atoms with van der Waals surface area (Å²) in [6, 6.07) is 0. The quantitative estimate of drug-likeness (QED) is 0.745. The van der Waals surface area contributed by atoms with E-state index in [4.69, 9.17) is 10.6 Å². The molecule has 0 radical (unpaired) electrons. The van der Waals surface area contributed by atoms with Crippen molar-refractivity contribution >= 4 is 17.3 Å². The van der Waals surface area contributed by atoms with Crippen LogP contribution in [0.2, 0.25) is 0 Å². The van der Waals surface area contributed by atoms with Crippen LogP contribution in [0.5, 0.6) is 0 Å². The van der Waals surface area contributed by atoms with Crippen molar-refractivity contribution in [1.82, 2.24) is 0 Å². The van der Waals surface area contributed by atoms with Gasteiger partial charge in [-0.1, -0.05) is 0 Å². The molecule has 3 nitrogen and oxygen atoms in total. The van der Waals surface area contributed by atoms with Gasteiger partial charge in [0.15, 0.2) is 0 Å².